The fourth-order valence-corrected chi connectivity index (χ4v) is 3.52. The van der Waals surface area contributed by atoms with E-state index in [2.05, 4.69) is 40.7 Å². The Balaban J connectivity index is 1.83. The molecule has 2 aromatic carbocycles. The van der Waals surface area contributed by atoms with Crippen LogP contribution in [0.4, 0.5) is 5.82 Å². The quantitative estimate of drug-likeness (QED) is 0.565. The summed E-state index contributed by atoms with van der Waals surface area (Å²) in [6.45, 7) is 2.79. The molecule has 3 N–H and O–H groups in total. The van der Waals surface area contributed by atoms with E-state index in [1.165, 1.54) is 11.1 Å². The van der Waals surface area contributed by atoms with Crippen molar-refractivity contribution in [1.29, 1.82) is 10.5 Å². The number of nitrogens with zero attached hydrogens (tertiary/aromatic N) is 3. The van der Waals surface area contributed by atoms with Crippen LogP contribution >= 0.6 is 0 Å². The molecule has 140 valence electrons. The van der Waals surface area contributed by atoms with Crippen LogP contribution in [0.3, 0.4) is 0 Å². The van der Waals surface area contributed by atoms with E-state index < -0.39 is 5.56 Å². The molecule has 0 bridgehead atoms. The minimum atomic E-state index is -0.601. The third-order valence-electron chi connectivity index (χ3n) is 5.00. The Morgan fingerprint density at radius 2 is 1.76 bits per heavy atom. The maximum absolute atomic E-state index is 12.2. The molecule has 0 atom stereocenters. The fraction of sp³-hybridized carbons (Fsp3) is 0.0870. The Labute approximate surface area is 167 Å². The lowest BCUT2D eigenvalue weighted by molar-refractivity contribution is 0.836. The van der Waals surface area contributed by atoms with E-state index in [9.17, 15) is 15.3 Å². The molecule has 0 fully saturated rings. The third kappa shape index (κ3) is 3.13. The van der Waals surface area contributed by atoms with E-state index in [1.807, 2.05) is 42.6 Å². The second-order valence-corrected chi connectivity index (χ2v) is 6.92. The van der Waals surface area contributed by atoms with Gasteiger partial charge in [0, 0.05) is 29.2 Å². The van der Waals surface area contributed by atoms with Gasteiger partial charge in [0.2, 0.25) is 0 Å². The summed E-state index contributed by atoms with van der Waals surface area (Å²) in [5, 5.41) is 19.9. The smallest absolute Gasteiger partial charge is 0.268 e. The van der Waals surface area contributed by atoms with Gasteiger partial charge in [0.05, 0.1) is 0 Å². The van der Waals surface area contributed by atoms with Gasteiger partial charge < -0.3 is 15.3 Å². The standard InChI is InChI=1S/C23H17N5O/c1-14-2-4-15(5-3-14)13-28-9-8-16-10-17(6-7-20(16)28)21-18(11-24)22(26)27-23(29)19(21)12-25/h2-10H,13H2,1H3,(H3,26,27,29). The molecule has 4 aromatic rings. The summed E-state index contributed by atoms with van der Waals surface area (Å²) in [4.78, 5) is 14.5. The van der Waals surface area contributed by atoms with E-state index in [1.54, 1.807) is 0 Å². The Hall–Kier alpha value is -4.29. The lowest BCUT2D eigenvalue weighted by atomic mass is 9.96. The van der Waals surface area contributed by atoms with E-state index in [4.69, 9.17) is 5.73 Å². The number of aromatic nitrogens is 2. The Morgan fingerprint density at radius 3 is 2.45 bits per heavy atom. The molecule has 0 amide bonds. The molecule has 6 nitrogen and oxygen atoms in total. The van der Waals surface area contributed by atoms with Gasteiger partial charge in [-0.3, -0.25) is 4.79 Å². The van der Waals surface area contributed by atoms with Crippen LogP contribution in [0.25, 0.3) is 22.0 Å². The maximum Gasteiger partial charge on any atom is 0.268 e. The van der Waals surface area contributed by atoms with E-state index >= 15 is 0 Å². The van der Waals surface area contributed by atoms with Gasteiger partial charge in [-0.15, -0.1) is 0 Å². The molecule has 0 spiro atoms. The van der Waals surface area contributed by atoms with E-state index in [-0.39, 0.29) is 22.5 Å². The van der Waals surface area contributed by atoms with Crippen LogP contribution in [0.1, 0.15) is 22.3 Å². The lowest BCUT2D eigenvalue weighted by Crippen LogP contribution is -2.16. The van der Waals surface area contributed by atoms with Crippen LogP contribution in [0.5, 0.6) is 0 Å². The van der Waals surface area contributed by atoms with Crippen LogP contribution in [-0.4, -0.2) is 9.55 Å². The summed E-state index contributed by atoms with van der Waals surface area (Å²) in [7, 11) is 0. The number of aryl methyl sites for hydroxylation is 1. The monoisotopic (exact) mass is 379 g/mol. The molecular formula is C23H17N5O. The molecule has 0 saturated carbocycles. The van der Waals surface area contributed by atoms with E-state index in [0.717, 1.165) is 17.4 Å². The minimum absolute atomic E-state index is 0.0384. The zero-order chi connectivity index (χ0) is 20.5. The molecule has 29 heavy (non-hydrogen) atoms. The summed E-state index contributed by atoms with van der Waals surface area (Å²) in [6, 6.07) is 19.9. The Kier molecular flexibility index (Phi) is 4.38. The number of H-pyrrole nitrogens is 1. The fourth-order valence-electron chi connectivity index (χ4n) is 3.52. The summed E-state index contributed by atoms with van der Waals surface area (Å²) in [5.41, 5.74) is 9.50. The van der Waals surface area contributed by atoms with Crippen LogP contribution < -0.4 is 11.3 Å². The molecule has 2 heterocycles. The van der Waals surface area contributed by atoms with Gasteiger partial charge in [-0.25, -0.2) is 0 Å². The zero-order valence-corrected chi connectivity index (χ0v) is 15.7. The number of anilines is 1. The van der Waals surface area contributed by atoms with Crippen LogP contribution in [0, 0.1) is 29.6 Å². The van der Waals surface area contributed by atoms with Crippen LogP contribution in [0.2, 0.25) is 0 Å². The second-order valence-electron chi connectivity index (χ2n) is 6.92. The summed E-state index contributed by atoms with van der Waals surface area (Å²) in [5.74, 6) is -0.0384. The number of hydrogen-bond acceptors (Lipinski definition) is 4. The maximum atomic E-state index is 12.2. The van der Waals surface area contributed by atoms with Crippen molar-refractivity contribution < 1.29 is 0 Å². The van der Waals surface area contributed by atoms with Crippen molar-refractivity contribution in [2.45, 2.75) is 13.5 Å². The Bertz CT molecular complexity index is 1380. The summed E-state index contributed by atoms with van der Waals surface area (Å²) < 4.78 is 2.13. The summed E-state index contributed by atoms with van der Waals surface area (Å²) in [6.07, 6.45) is 2.00. The largest absolute Gasteiger partial charge is 0.384 e. The minimum Gasteiger partial charge on any atom is -0.384 e. The predicted molar refractivity (Wildman–Crippen MR) is 112 cm³/mol. The number of aromatic amines is 1. The highest BCUT2D eigenvalue weighted by molar-refractivity contribution is 5.89. The first-order valence-electron chi connectivity index (χ1n) is 9.02. The number of nitrogens with two attached hydrogens (primary N) is 1. The van der Waals surface area contributed by atoms with Crippen molar-refractivity contribution in [2.75, 3.05) is 5.73 Å². The highest BCUT2D eigenvalue weighted by atomic mass is 16.1. The number of fused-ring (bicyclic) bond motifs is 1. The van der Waals surface area contributed by atoms with Crippen molar-refractivity contribution in [3.63, 3.8) is 0 Å². The molecule has 0 aliphatic carbocycles. The lowest BCUT2D eigenvalue weighted by Gasteiger charge is -2.10. The molecular weight excluding hydrogens is 362 g/mol. The number of benzene rings is 2. The number of hydrogen-bond donors (Lipinski definition) is 2. The zero-order valence-electron chi connectivity index (χ0n) is 15.7. The average Bonchev–Trinajstić information content (AvgIpc) is 3.11. The number of nitrogens with one attached hydrogen (secondary N) is 1. The van der Waals surface area contributed by atoms with Crippen molar-refractivity contribution >= 4 is 16.7 Å². The SMILES string of the molecule is Cc1ccc(Cn2ccc3cc(-c4c(C#N)c(N)[nH]c(=O)c4C#N)ccc32)cc1. The van der Waals surface area contributed by atoms with Crippen LogP contribution in [-0.2, 0) is 6.54 Å². The molecule has 4 rings (SSSR count). The van der Waals surface area contributed by atoms with Crippen molar-refractivity contribution in [3.8, 4) is 23.3 Å². The van der Waals surface area contributed by atoms with E-state index in [0.29, 0.717) is 5.56 Å². The topological polar surface area (TPSA) is 111 Å². The third-order valence-corrected chi connectivity index (χ3v) is 5.00. The highest BCUT2D eigenvalue weighted by Gasteiger charge is 2.18. The van der Waals surface area contributed by atoms with Crippen molar-refractivity contribution in [1.82, 2.24) is 9.55 Å². The molecule has 0 saturated heterocycles. The molecule has 0 radical (unpaired) electrons. The molecule has 2 aromatic heterocycles. The first kappa shape index (κ1) is 18.1. The van der Waals surface area contributed by atoms with Gasteiger partial charge in [-0.2, -0.15) is 10.5 Å². The second kappa shape index (κ2) is 7.03. The molecule has 0 aliphatic heterocycles. The van der Waals surface area contributed by atoms with Crippen molar-refractivity contribution in [2.24, 2.45) is 0 Å². The van der Waals surface area contributed by atoms with Gasteiger partial charge in [-0.05, 0) is 36.2 Å². The van der Waals surface area contributed by atoms with Gasteiger partial charge in [-0.1, -0.05) is 35.9 Å². The molecule has 0 aliphatic rings. The summed E-state index contributed by atoms with van der Waals surface area (Å²) >= 11 is 0. The first-order chi connectivity index (χ1) is 14.0. The number of pyridine rings is 1. The van der Waals surface area contributed by atoms with Gasteiger partial charge in [0.15, 0.2) is 0 Å². The number of nitriles is 2. The average molecular weight is 379 g/mol. The Morgan fingerprint density at radius 1 is 1.03 bits per heavy atom. The predicted octanol–water partition coefficient (Wildman–Crippen LogP) is 3.68. The van der Waals surface area contributed by atoms with Crippen LogP contribution in [0.15, 0.2) is 59.5 Å². The first-order valence-corrected chi connectivity index (χ1v) is 9.02. The van der Waals surface area contributed by atoms with Gasteiger partial charge >= 0.3 is 0 Å². The van der Waals surface area contributed by atoms with Crippen molar-refractivity contribution in [3.05, 3.63) is 87.3 Å². The molecule has 6 heteroatoms. The number of nitrogen functional groups attached to an aromatic ring is 1. The van der Waals surface area contributed by atoms with Gasteiger partial charge in [0.1, 0.15) is 29.1 Å². The molecule has 0 unspecified atom stereocenters. The number of rotatable bonds is 3. The van der Waals surface area contributed by atoms with Gasteiger partial charge in [0.25, 0.3) is 5.56 Å². The highest BCUT2D eigenvalue weighted by Crippen LogP contribution is 2.31. The normalized spacial score (nSPS) is 10.6.